The number of hydrogen-bond donors (Lipinski definition) is 3. The molecule has 3 aromatic carbocycles. The molecule has 12 rings (SSSR count). The zero-order valence-electron chi connectivity index (χ0n) is 53.3. The summed E-state index contributed by atoms with van der Waals surface area (Å²) in [4.78, 5) is 84.1. The molecule has 21 heteroatoms. The molecule has 0 aliphatic carbocycles. The van der Waals surface area contributed by atoms with Crippen molar-refractivity contribution in [3.8, 4) is 33.4 Å². The van der Waals surface area contributed by atoms with E-state index in [0.29, 0.717) is 16.7 Å². The summed E-state index contributed by atoms with van der Waals surface area (Å²) >= 11 is 0. The summed E-state index contributed by atoms with van der Waals surface area (Å²) in [7, 11) is 4.87. The Labute approximate surface area is 545 Å². The molecule has 6 aromatic heterocycles. The predicted molar refractivity (Wildman–Crippen MR) is 360 cm³/mol. The number of halogens is 3. The van der Waals surface area contributed by atoms with Gasteiger partial charge in [-0.05, 0) is 180 Å². The van der Waals surface area contributed by atoms with Crippen molar-refractivity contribution in [2.75, 3.05) is 21.1 Å². The van der Waals surface area contributed by atoms with Crippen LogP contribution in [-0.4, -0.2) is 101 Å². The van der Waals surface area contributed by atoms with Crippen LogP contribution < -0.4 is 17.2 Å². The molecule has 0 saturated carbocycles. The second-order valence-electron chi connectivity index (χ2n) is 22.6. The maximum absolute atomic E-state index is 13.6. The molecule has 0 fully saturated rings. The summed E-state index contributed by atoms with van der Waals surface area (Å²) in [5, 5.41) is 0. The van der Waals surface area contributed by atoms with E-state index in [1.54, 1.807) is 39.3 Å². The molecule has 3 amide bonds. The van der Waals surface area contributed by atoms with Gasteiger partial charge in [-0.15, -0.1) is 0 Å². The molecule has 0 radical (unpaired) electrons. The number of carbonyl (C=O) groups excluding carboxylic acids is 3. The average Bonchev–Trinajstić information content (AvgIpc) is 1.54. The number of carbonyl (C=O) groups is 3. The first kappa shape index (κ1) is 67.6. The zero-order chi connectivity index (χ0) is 66.5. The van der Waals surface area contributed by atoms with Crippen molar-refractivity contribution >= 4 is 35.6 Å². The Morgan fingerprint density at radius 3 is 0.755 bits per heavy atom. The van der Waals surface area contributed by atoms with Gasteiger partial charge >= 0.3 is 0 Å². The highest BCUT2D eigenvalue weighted by Crippen LogP contribution is 2.44. The second-order valence-corrected chi connectivity index (χ2v) is 22.6. The molecule has 1 unspecified atom stereocenters. The fraction of sp³-hybridized carbons (Fsp3) is 0.260. The highest BCUT2D eigenvalue weighted by Gasteiger charge is 2.52. The Bertz CT molecular complexity index is 3900. The third-order valence-corrected chi connectivity index (χ3v) is 17.0. The number of rotatable bonds is 15. The fourth-order valence-electron chi connectivity index (χ4n) is 11.6. The van der Waals surface area contributed by atoms with Gasteiger partial charge in [-0.2, -0.15) is 13.2 Å². The van der Waals surface area contributed by atoms with E-state index in [2.05, 4.69) is 44.9 Å². The standard InChI is InChI=1S/3C24H24FN5O.CH4/c3*1-4-19-12-18(13-20(5-2)28-19)24(22(31)30(3)23(26)29-24)17-8-6-7-15(11-17)16-9-10-21(25)27-14-16;/h3*6-14H,4-5H2,1-3H3,(H2,26,29);1H4/t2*24-;;/m10../s1. The molecule has 18 nitrogen and oxygen atoms in total. The van der Waals surface area contributed by atoms with Gasteiger partial charge in [0.15, 0.2) is 34.5 Å². The van der Waals surface area contributed by atoms with Gasteiger partial charge in [0.2, 0.25) is 17.8 Å². The minimum absolute atomic E-state index is 0. The van der Waals surface area contributed by atoms with Crippen molar-refractivity contribution in [1.29, 1.82) is 0 Å². The zero-order valence-corrected chi connectivity index (χ0v) is 53.3. The molecular formula is C73H76F3N15O3. The molecule has 0 spiro atoms. The van der Waals surface area contributed by atoms with Gasteiger partial charge in [0, 0.05) is 90.6 Å². The lowest BCUT2D eigenvalue weighted by Gasteiger charge is -2.27. The molecule has 482 valence electrons. The molecule has 94 heavy (non-hydrogen) atoms. The Morgan fingerprint density at radius 2 is 0.574 bits per heavy atom. The summed E-state index contributed by atoms with van der Waals surface area (Å²) in [5.41, 5.74) is 28.7. The largest absolute Gasteiger partial charge is 0.369 e. The Morgan fingerprint density at radius 1 is 0.340 bits per heavy atom. The van der Waals surface area contributed by atoms with E-state index >= 15 is 0 Å². The number of aryl methyl sites for hydroxylation is 6. The number of nitrogens with two attached hydrogens (primary N) is 3. The fourth-order valence-corrected chi connectivity index (χ4v) is 11.6. The number of hydrogen-bond acceptors (Lipinski definition) is 15. The Hall–Kier alpha value is -10.8. The van der Waals surface area contributed by atoms with Gasteiger partial charge in [0.05, 0.1) is 0 Å². The van der Waals surface area contributed by atoms with E-state index < -0.39 is 34.5 Å². The number of pyridine rings is 6. The first-order valence-corrected chi connectivity index (χ1v) is 30.7. The number of aliphatic imine (C=N–C) groups is 3. The summed E-state index contributed by atoms with van der Waals surface area (Å²) in [6.07, 6.45) is 8.84. The van der Waals surface area contributed by atoms with Crippen LogP contribution in [0.5, 0.6) is 0 Å². The van der Waals surface area contributed by atoms with Crippen LogP contribution in [0.1, 0.15) is 117 Å². The van der Waals surface area contributed by atoms with Gasteiger partial charge in [-0.1, -0.05) is 104 Å². The van der Waals surface area contributed by atoms with Crippen molar-refractivity contribution in [1.82, 2.24) is 44.6 Å². The van der Waals surface area contributed by atoms with Crippen molar-refractivity contribution < 1.29 is 27.6 Å². The normalized spacial score (nSPS) is 18.2. The van der Waals surface area contributed by atoms with Crippen LogP contribution in [0.4, 0.5) is 13.2 Å². The van der Waals surface area contributed by atoms with Crippen LogP contribution in [0.15, 0.2) is 179 Å². The van der Waals surface area contributed by atoms with Crippen molar-refractivity contribution in [3.63, 3.8) is 0 Å². The van der Waals surface area contributed by atoms with E-state index in [0.717, 1.165) is 123 Å². The molecule has 9 heterocycles. The number of nitrogens with zero attached hydrogens (tertiary/aromatic N) is 12. The van der Waals surface area contributed by atoms with E-state index in [1.807, 2.05) is 151 Å². The third kappa shape index (κ3) is 12.8. The van der Waals surface area contributed by atoms with Gasteiger partial charge in [-0.3, -0.25) is 44.0 Å². The topological polar surface area (TPSA) is 253 Å². The van der Waals surface area contributed by atoms with Gasteiger partial charge < -0.3 is 17.2 Å². The second kappa shape index (κ2) is 28.0. The quantitative estimate of drug-likeness (QED) is 0.0810. The molecule has 9 aromatic rings. The van der Waals surface area contributed by atoms with Crippen LogP contribution in [0, 0.1) is 17.8 Å². The Balaban J connectivity index is 0.000000165. The maximum atomic E-state index is 13.6. The SMILES string of the molecule is C.CCc1cc(C2(c3cccc(-c4ccc(F)nc4)c3)N=C(N)N(C)C2=O)cc(CC)n1.CCc1cc([C@@]2(c3cccc(-c4ccc(F)nc4)c3)N=C(N)N(C)C2=O)cc(CC)n1.CCc1cc([C@]2(c3cccc(-c4ccc(F)nc4)c3)N=C(N)N(C)C2=O)cc(CC)n1. The summed E-state index contributed by atoms with van der Waals surface area (Å²) in [6, 6.07) is 43.0. The lowest BCUT2D eigenvalue weighted by atomic mass is 9.81. The molecule has 3 aliphatic heterocycles. The first-order valence-electron chi connectivity index (χ1n) is 30.7. The minimum Gasteiger partial charge on any atom is -0.369 e. The molecule has 3 aliphatic rings. The van der Waals surface area contributed by atoms with Gasteiger partial charge in [0.1, 0.15) is 0 Å². The molecule has 0 bridgehead atoms. The maximum Gasteiger partial charge on any atom is 0.266 e. The first-order chi connectivity index (χ1) is 44.7. The smallest absolute Gasteiger partial charge is 0.266 e. The number of benzene rings is 3. The van der Waals surface area contributed by atoms with E-state index in [4.69, 9.17) is 17.2 Å². The monoisotopic (exact) mass is 1270 g/mol. The third-order valence-electron chi connectivity index (χ3n) is 17.0. The highest BCUT2D eigenvalue weighted by atomic mass is 19.1. The number of amides is 3. The number of guanidine groups is 3. The van der Waals surface area contributed by atoms with Crippen molar-refractivity contribution in [2.24, 2.45) is 32.2 Å². The van der Waals surface area contributed by atoms with Crippen LogP contribution in [0.25, 0.3) is 33.4 Å². The molecule has 3 atom stereocenters. The molecular weight excluding hydrogens is 1190 g/mol. The van der Waals surface area contributed by atoms with Crippen molar-refractivity contribution in [3.05, 3.63) is 250 Å². The van der Waals surface area contributed by atoms with E-state index in [9.17, 15) is 27.6 Å². The number of likely N-dealkylation sites (N-methyl/N-ethyl adjacent to an activating group) is 3. The summed E-state index contributed by atoms with van der Waals surface area (Å²) < 4.78 is 39.9. The van der Waals surface area contributed by atoms with Crippen molar-refractivity contribution in [2.45, 2.75) is 104 Å². The summed E-state index contributed by atoms with van der Waals surface area (Å²) in [5.74, 6) is -1.84. The van der Waals surface area contributed by atoms with Gasteiger partial charge in [-0.25, -0.2) is 29.9 Å². The molecule has 6 N–H and O–H groups in total. The number of aromatic nitrogens is 6. The van der Waals surface area contributed by atoms with E-state index in [1.165, 1.54) is 51.5 Å². The average molecular weight is 1270 g/mol. The molecule has 0 saturated heterocycles. The Kier molecular flexibility index (Phi) is 20.1. The van der Waals surface area contributed by atoms with Crippen LogP contribution in [0.2, 0.25) is 0 Å². The lowest BCUT2D eigenvalue weighted by Crippen LogP contribution is -2.41. The van der Waals surface area contributed by atoms with Gasteiger partial charge in [0.25, 0.3) is 17.7 Å². The van der Waals surface area contributed by atoms with Crippen LogP contribution >= 0.6 is 0 Å². The lowest BCUT2D eigenvalue weighted by molar-refractivity contribution is -0.130. The van der Waals surface area contributed by atoms with Crippen LogP contribution in [0.3, 0.4) is 0 Å². The summed E-state index contributed by atoms with van der Waals surface area (Å²) in [6.45, 7) is 12.2. The predicted octanol–water partition coefficient (Wildman–Crippen LogP) is 10.9. The minimum atomic E-state index is -1.31. The van der Waals surface area contributed by atoms with E-state index in [-0.39, 0.29) is 43.0 Å². The van der Waals surface area contributed by atoms with Crippen LogP contribution in [-0.2, 0) is 69.5 Å². The highest BCUT2D eigenvalue weighted by molar-refractivity contribution is 6.11.